The highest BCUT2D eigenvalue weighted by molar-refractivity contribution is 5.76. The minimum absolute atomic E-state index is 0.131. The van der Waals surface area contributed by atoms with E-state index in [4.69, 9.17) is 9.47 Å². The second-order valence-electron chi connectivity index (χ2n) is 19.0. The summed E-state index contributed by atoms with van der Waals surface area (Å²) in [6, 6.07) is -0.712. The van der Waals surface area contributed by atoms with Crippen LogP contribution < -0.4 is 5.32 Å². The average molecular weight is 870 g/mol. The van der Waals surface area contributed by atoms with E-state index in [-0.39, 0.29) is 12.5 Å². The van der Waals surface area contributed by atoms with Crippen LogP contribution in [0.5, 0.6) is 0 Å². The highest BCUT2D eigenvalue weighted by atomic mass is 16.7. The van der Waals surface area contributed by atoms with E-state index in [0.717, 1.165) is 38.5 Å². The molecule has 61 heavy (non-hydrogen) atoms. The van der Waals surface area contributed by atoms with Crippen molar-refractivity contribution in [3.05, 3.63) is 0 Å². The smallest absolute Gasteiger partial charge is 0.220 e. The van der Waals surface area contributed by atoms with E-state index < -0.39 is 49.5 Å². The maximum absolute atomic E-state index is 13.0. The standard InChI is InChI=1S/C52H103NO8/c1-3-5-7-9-11-13-15-17-19-21-23-24-25-27-29-31-33-35-37-39-41-46(55)45(44-60-52-51(59)50(58)49(57)47(43-54)61-52)53-48(56)42-40-38-36-34-32-30-28-26-22-20-18-16-14-12-10-8-6-4-2/h45-47,49-52,54-55,57-59H,3-44H2,1-2H3,(H,53,56). The zero-order chi connectivity index (χ0) is 44.4. The molecule has 0 aromatic rings. The second-order valence-corrected chi connectivity index (χ2v) is 19.0. The van der Waals surface area contributed by atoms with Gasteiger partial charge >= 0.3 is 0 Å². The Kier molecular flexibility index (Phi) is 41.1. The zero-order valence-electron chi connectivity index (χ0n) is 40.2. The number of hydrogen-bond donors (Lipinski definition) is 6. The van der Waals surface area contributed by atoms with Crippen LogP contribution in [0.25, 0.3) is 0 Å². The lowest BCUT2D eigenvalue weighted by Gasteiger charge is -2.40. The molecule has 6 N–H and O–H groups in total. The number of carbonyl (C=O) groups is 1. The summed E-state index contributed by atoms with van der Waals surface area (Å²) in [6.07, 6.45) is 42.6. The fraction of sp³-hybridized carbons (Fsp3) is 0.981. The van der Waals surface area contributed by atoms with E-state index in [2.05, 4.69) is 19.2 Å². The largest absolute Gasteiger partial charge is 0.394 e. The van der Waals surface area contributed by atoms with Crippen molar-refractivity contribution in [2.24, 2.45) is 0 Å². The quantitative estimate of drug-likeness (QED) is 0.0331. The van der Waals surface area contributed by atoms with Crippen LogP contribution in [0.15, 0.2) is 0 Å². The lowest BCUT2D eigenvalue weighted by molar-refractivity contribution is -0.302. The first-order valence-corrected chi connectivity index (χ1v) is 26.7. The van der Waals surface area contributed by atoms with Crippen molar-refractivity contribution in [1.82, 2.24) is 5.32 Å². The molecule has 9 nitrogen and oxygen atoms in total. The van der Waals surface area contributed by atoms with E-state index in [1.807, 2.05) is 0 Å². The molecule has 0 radical (unpaired) electrons. The average Bonchev–Trinajstić information content (AvgIpc) is 3.26. The molecule has 0 saturated carbocycles. The first-order chi connectivity index (χ1) is 29.8. The highest BCUT2D eigenvalue weighted by Gasteiger charge is 2.44. The summed E-state index contributed by atoms with van der Waals surface area (Å²) in [7, 11) is 0. The summed E-state index contributed by atoms with van der Waals surface area (Å²) in [5.74, 6) is -0.138. The molecule has 1 heterocycles. The van der Waals surface area contributed by atoms with E-state index >= 15 is 0 Å². The minimum atomic E-state index is -1.55. The van der Waals surface area contributed by atoms with Crippen LogP contribution in [-0.4, -0.2) is 87.5 Å². The molecule has 0 aliphatic carbocycles. The molecule has 7 atom stereocenters. The summed E-state index contributed by atoms with van der Waals surface area (Å²) in [5.41, 5.74) is 0. The molecule has 7 unspecified atom stereocenters. The summed E-state index contributed by atoms with van der Waals surface area (Å²) >= 11 is 0. The summed E-state index contributed by atoms with van der Waals surface area (Å²) in [4.78, 5) is 13.0. The third-order valence-corrected chi connectivity index (χ3v) is 13.2. The van der Waals surface area contributed by atoms with Gasteiger partial charge in [-0.15, -0.1) is 0 Å². The van der Waals surface area contributed by atoms with Crippen molar-refractivity contribution >= 4 is 5.91 Å². The maximum Gasteiger partial charge on any atom is 0.220 e. The van der Waals surface area contributed by atoms with Gasteiger partial charge in [0.2, 0.25) is 5.91 Å². The van der Waals surface area contributed by atoms with Crippen molar-refractivity contribution < 1.29 is 39.8 Å². The minimum Gasteiger partial charge on any atom is -0.394 e. The number of ether oxygens (including phenoxy) is 2. The molecule has 1 rings (SSSR count). The number of hydrogen-bond acceptors (Lipinski definition) is 8. The molecule has 0 aromatic heterocycles. The summed E-state index contributed by atoms with van der Waals surface area (Å²) in [6.45, 7) is 3.88. The first kappa shape index (κ1) is 58.2. The predicted octanol–water partition coefficient (Wildman–Crippen LogP) is 12.3. The fourth-order valence-corrected chi connectivity index (χ4v) is 8.93. The van der Waals surface area contributed by atoms with E-state index in [9.17, 15) is 30.3 Å². The van der Waals surface area contributed by atoms with Crippen molar-refractivity contribution in [2.75, 3.05) is 13.2 Å². The maximum atomic E-state index is 13.0. The second kappa shape index (κ2) is 43.1. The Bertz CT molecular complexity index is 924. The Morgan fingerprint density at radius 1 is 0.492 bits per heavy atom. The van der Waals surface area contributed by atoms with Crippen molar-refractivity contribution in [3.8, 4) is 0 Å². The van der Waals surface area contributed by atoms with Gasteiger partial charge in [0.15, 0.2) is 6.29 Å². The van der Waals surface area contributed by atoms with Crippen molar-refractivity contribution in [3.63, 3.8) is 0 Å². The number of rotatable bonds is 46. The third kappa shape index (κ3) is 33.3. The molecule has 1 aliphatic heterocycles. The van der Waals surface area contributed by atoms with Gasteiger partial charge in [-0.1, -0.05) is 251 Å². The normalized spacial score (nSPS) is 20.3. The van der Waals surface area contributed by atoms with Gasteiger partial charge < -0.3 is 40.3 Å². The molecule has 0 aromatic carbocycles. The Labute approximate surface area is 376 Å². The van der Waals surface area contributed by atoms with Gasteiger partial charge in [-0.3, -0.25) is 4.79 Å². The van der Waals surface area contributed by atoms with Gasteiger partial charge in [0.05, 0.1) is 25.4 Å². The molecule has 1 amide bonds. The van der Waals surface area contributed by atoms with Crippen LogP contribution in [0.4, 0.5) is 0 Å². The number of nitrogens with one attached hydrogen (secondary N) is 1. The van der Waals surface area contributed by atoms with Crippen LogP contribution in [0, 0.1) is 0 Å². The predicted molar refractivity (Wildman–Crippen MR) is 254 cm³/mol. The Hall–Kier alpha value is -0.810. The van der Waals surface area contributed by atoms with Crippen molar-refractivity contribution in [1.29, 1.82) is 0 Å². The van der Waals surface area contributed by atoms with Crippen molar-refractivity contribution in [2.45, 2.75) is 314 Å². The van der Waals surface area contributed by atoms with E-state index in [1.54, 1.807) is 0 Å². The summed E-state index contributed by atoms with van der Waals surface area (Å²) in [5, 5.41) is 54.6. The van der Waals surface area contributed by atoms with Crippen LogP contribution in [-0.2, 0) is 14.3 Å². The molecule has 1 aliphatic rings. The molecule has 1 fully saturated rings. The topological polar surface area (TPSA) is 149 Å². The number of amides is 1. The monoisotopic (exact) mass is 870 g/mol. The lowest BCUT2D eigenvalue weighted by atomic mass is 9.99. The van der Waals surface area contributed by atoms with E-state index in [0.29, 0.717) is 12.8 Å². The molecule has 9 heteroatoms. The van der Waals surface area contributed by atoms with Crippen LogP contribution in [0.2, 0.25) is 0 Å². The molecule has 364 valence electrons. The van der Waals surface area contributed by atoms with Gasteiger partial charge in [0.1, 0.15) is 24.4 Å². The number of carbonyl (C=O) groups excluding carboxylic acids is 1. The molecular formula is C52H103NO8. The van der Waals surface area contributed by atoms with Gasteiger partial charge in [0, 0.05) is 6.42 Å². The molecule has 0 bridgehead atoms. The Morgan fingerprint density at radius 2 is 0.820 bits per heavy atom. The van der Waals surface area contributed by atoms with Gasteiger partial charge in [-0.25, -0.2) is 0 Å². The first-order valence-electron chi connectivity index (χ1n) is 26.7. The lowest BCUT2D eigenvalue weighted by Crippen LogP contribution is -2.60. The summed E-state index contributed by atoms with van der Waals surface area (Å²) < 4.78 is 11.3. The number of aliphatic hydroxyl groups is 5. The SMILES string of the molecule is CCCCCCCCCCCCCCCCCCCCCCC(O)C(COC1OC(CO)C(O)C(O)C1O)NC(=O)CCCCCCCCCCCCCCCCCCCC. The highest BCUT2D eigenvalue weighted by Crippen LogP contribution is 2.23. The Morgan fingerprint density at radius 3 is 1.16 bits per heavy atom. The van der Waals surface area contributed by atoms with Gasteiger partial charge in [-0.2, -0.15) is 0 Å². The Balaban J connectivity index is 2.24. The van der Waals surface area contributed by atoms with Crippen LogP contribution in [0.1, 0.15) is 271 Å². The van der Waals surface area contributed by atoms with Gasteiger partial charge in [0.25, 0.3) is 0 Å². The molecule has 0 spiro atoms. The fourth-order valence-electron chi connectivity index (χ4n) is 8.93. The zero-order valence-corrected chi connectivity index (χ0v) is 40.2. The molecule has 1 saturated heterocycles. The molecular weight excluding hydrogens is 767 g/mol. The third-order valence-electron chi connectivity index (χ3n) is 13.2. The van der Waals surface area contributed by atoms with Crippen LogP contribution >= 0.6 is 0 Å². The van der Waals surface area contributed by atoms with Crippen LogP contribution in [0.3, 0.4) is 0 Å². The van der Waals surface area contributed by atoms with Gasteiger partial charge in [-0.05, 0) is 12.8 Å². The van der Waals surface area contributed by atoms with E-state index in [1.165, 1.54) is 205 Å². The number of unbranched alkanes of at least 4 members (excludes halogenated alkanes) is 36. The number of aliphatic hydroxyl groups excluding tert-OH is 5.